The maximum Gasteiger partial charge on any atom is 0.472 e. The fraction of sp³-hybridized carbons (Fsp3) is 0.586. The Morgan fingerprint density at radius 2 is 0.824 bits per heavy atom. The number of esters is 2. The van der Waals surface area contributed by atoms with E-state index in [2.05, 4.69) is 135 Å². The second-order valence-corrected chi connectivity index (χ2v) is 19.2. The van der Waals surface area contributed by atoms with Crippen LogP contribution in [0, 0.1) is 0 Å². The number of nitrogens with zero attached hydrogens (tertiary/aromatic N) is 1. The second-order valence-electron chi connectivity index (χ2n) is 17.8. The maximum atomic E-state index is 12.8. The van der Waals surface area contributed by atoms with E-state index in [1.807, 2.05) is 33.3 Å². The Morgan fingerprint density at radius 3 is 1.24 bits per heavy atom. The van der Waals surface area contributed by atoms with Gasteiger partial charge in [-0.15, -0.1) is 0 Å². The molecule has 0 aromatic rings. The molecule has 0 aromatic carbocycles. The van der Waals surface area contributed by atoms with Crippen molar-refractivity contribution in [1.29, 1.82) is 0 Å². The summed E-state index contributed by atoms with van der Waals surface area (Å²) in [6.45, 7) is 4.07. The van der Waals surface area contributed by atoms with Crippen LogP contribution in [0.25, 0.3) is 0 Å². The number of hydrogen-bond donors (Lipinski definition) is 1. The highest BCUT2D eigenvalue weighted by molar-refractivity contribution is 7.47. The van der Waals surface area contributed by atoms with Gasteiger partial charge in [0.2, 0.25) is 0 Å². The highest BCUT2D eigenvalue weighted by atomic mass is 31.2. The molecule has 0 saturated carbocycles. The minimum absolute atomic E-state index is 0.0124. The van der Waals surface area contributed by atoms with Crippen molar-refractivity contribution < 1.29 is 42.1 Å². The average molecular weight is 965 g/mol. The predicted molar refractivity (Wildman–Crippen MR) is 288 cm³/mol. The molecule has 0 saturated heterocycles. The summed E-state index contributed by atoms with van der Waals surface area (Å²) in [6, 6.07) is 0. The molecule has 0 aliphatic heterocycles. The number of ether oxygens (including phenoxy) is 2. The van der Waals surface area contributed by atoms with Gasteiger partial charge in [0.1, 0.15) is 19.8 Å². The molecule has 0 rings (SSSR count). The number of unbranched alkanes of at least 4 members (excludes halogenated alkanes) is 9. The lowest BCUT2D eigenvalue weighted by Gasteiger charge is -2.24. The van der Waals surface area contributed by atoms with Crippen LogP contribution in [0.15, 0.2) is 134 Å². The Kier molecular flexibility index (Phi) is 45.5. The van der Waals surface area contributed by atoms with E-state index in [9.17, 15) is 19.0 Å². The summed E-state index contributed by atoms with van der Waals surface area (Å²) in [5.41, 5.74) is 0. The molecule has 0 fully saturated rings. The van der Waals surface area contributed by atoms with Gasteiger partial charge in [-0.2, -0.15) is 0 Å². The van der Waals surface area contributed by atoms with Gasteiger partial charge in [-0.1, -0.05) is 192 Å². The molecular weight excluding hydrogens is 870 g/mol. The third kappa shape index (κ3) is 51.5. The van der Waals surface area contributed by atoms with E-state index in [1.165, 1.54) is 32.1 Å². The smallest absolute Gasteiger partial charge is 0.462 e. The topological polar surface area (TPSA) is 108 Å². The van der Waals surface area contributed by atoms with Gasteiger partial charge < -0.3 is 18.9 Å². The minimum atomic E-state index is -4.41. The van der Waals surface area contributed by atoms with Crippen LogP contribution in [0.1, 0.15) is 168 Å². The van der Waals surface area contributed by atoms with Crippen LogP contribution >= 0.6 is 7.82 Å². The zero-order valence-corrected chi connectivity index (χ0v) is 44.2. The Labute approximate surface area is 415 Å². The largest absolute Gasteiger partial charge is 0.472 e. The Hall–Kier alpha value is -3.85. The molecule has 0 heterocycles. The van der Waals surface area contributed by atoms with Crippen molar-refractivity contribution in [2.75, 3.05) is 47.5 Å². The van der Waals surface area contributed by atoms with E-state index >= 15 is 0 Å². The number of carbonyl (C=O) groups is 2. The molecule has 0 radical (unpaired) electrons. The summed E-state index contributed by atoms with van der Waals surface area (Å²) in [6.07, 6.45) is 69.6. The number of rotatable bonds is 45. The molecule has 0 aliphatic carbocycles. The number of phosphoric acid groups is 1. The van der Waals surface area contributed by atoms with Crippen molar-refractivity contribution >= 4 is 19.8 Å². The molecule has 2 atom stereocenters. The van der Waals surface area contributed by atoms with E-state index in [4.69, 9.17) is 18.5 Å². The molecule has 68 heavy (non-hydrogen) atoms. The maximum absolute atomic E-state index is 12.8. The Balaban J connectivity index is 4.25. The lowest BCUT2D eigenvalue weighted by molar-refractivity contribution is -0.870. The molecule has 1 N–H and O–H groups in total. The van der Waals surface area contributed by atoms with Crippen LogP contribution in [-0.4, -0.2) is 74.9 Å². The Bertz CT molecular complexity index is 1610. The number of phosphoric ester groups is 1. The summed E-state index contributed by atoms with van der Waals surface area (Å²) in [5.74, 6) is -0.913. The molecule has 2 unspecified atom stereocenters. The number of quaternary nitrogens is 1. The van der Waals surface area contributed by atoms with Crippen LogP contribution in [0.4, 0.5) is 0 Å². The average Bonchev–Trinajstić information content (AvgIpc) is 3.30. The molecule has 10 heteroatoms. The fourth-order valence-electron chi connectivity index (χ4n) is 6.24. The lowest BCUT2D eigenvalue weighted by atomic mass is 10.1. The standard InChI is InChI=1S/C58H94NO8P/c1-6-8-10-12-14-16-18-20-21-22-23-24-25-26-27-28-29-30-31-32-33-34-35-36-37-39-41-43-45-47-49-51-58(61)67-56(55-66-68(62,63)65-53-52-59(3,4)5)54-64-57(60)50-48-46-44-42-40-38-19-17-15-13-11-9-7-2/h8-11,14-17,20-21,23-24,26-27,29-30,32-33,38,40,44,46,56H,6-7,12-13,18-19,22,25,28,31,34-37,39,41-43,45,47-55H2,1-5H3/p+1/b10-8-,11-9-,16-14-,17-15-,21-20-,24-23-,27-26-,30-29-,33-32-,40-38-,46-44-. The van der Waals surface area contributed by atoms with Gasteiger partial charge in [-0.25, -0.2) is 4.57 Å². The van der Waals surface area contributed by atoms with E-state index in [0.717, 1.165) is 96.3 Å². The molecule has 0 spiro atoms. The van der Waals surface area contributed by atoms with E-state index in [1.54, 1.807) is 0 Å². The first-order valence-electron chi connectivity index (χ1n) is 25.9. The van der Waals surface area contributed by atoms with Crippen molar-refractivity contribution in [3.8, 4) is 0 Å². The highest BCUT2D eigenvalue weighted by Gasteiger charge is 2.27. The summed E-state index contributed by atoms with van der Waals surface area (Å²) in [5, 5.41) is 0. The molecule has 0 aromatic heterocycles. The van der Waals surface area contributed by atoms with Gasteiger partial charge in [0.25, 0.3) is 0 Å². The number of carbonyl (C=O) groups excluding carboxylic acids is 2. The van der Waals surface area contributed by atoms with E-state index < -0.39 is 32.5 Å². The number of likely N-dealkylation sites (N-methyl/N-ethyl adjacent to an activating group) is 1. The zero-order valence-electron chi connectivity index (χ0n) is 43.3. The van der Waals surface area contributed by atoms with Gasteiger partial charge >= 0.3 is 19.8 Å². The van der Waals surface area contributed by atoms with Crippen molar-refractivity contribution in [3.05, 3.63) is 134 Å². The molecule has 0 aliphatic rings. The number of hydrogen-bond acceptors (Lipinski definition) is 7. The van der Waals surface area contributed by atoms with Crippen LogP contribution in [0.2, 0.25) is 0 Å². The monoisotopic (exact) mass is 965 g/mol. The molecule has 384 valence electrons. The normalized spacial score (nSPS) is 14.5. The molecule has 9 nitrogen and oxygen atoms in total. The lowest BCUT2D eigenvalue weighted by Crippen LogP contribution is -2.37. The predicted octanol–water partition coefficient (Wildman–Crippen LogP) is 15.8. The number of allylic oxidation sites excluding steroid dienone is 22. The van der Waals surface area contributed by atoms with E-state index in [0.29, 0.717) is 23.9 Å². The van der Waals surface area contributed by atoms with E-state index in [-0.39, 0.29) is 26.1 Å². The van der Waals surface area contributed by atoms with Crippen LogP contribution in [0.5, 0.6) is 0 Å². The summed E-state index contributed by atoms with van der Waals surface area (Å²) in [7, 11) is 1.41. The van der Waals surface area contributed by atoms with Crippen molar-refractivity contribution in [2.45, 2.75) is 174 Å². The van der Waals surface area contributed by atoms with Crippen LogP contribution < -0.4 is 0 Å². The third-order valence-corrected chi connectivity index (χ3v) is 11.2. The molecule has 0 amide bonds. The van der Waals surface area contributed by atoms with Gasteiger partial charge in [0, 0.05) is 12.8 Å². The first-order valence-corrected chi connectivity index (χ1v) is 27.4. The first-order chi connectivity index (χ1) is 33.0. The quantitative estimate of drug-likeness (QED) is 0.0211. The second kappa shape index (κ2) is 48.2. The third-order valence-electron chi connectivity index (χ3n) is 10.2. The SMILES string of the molecule is CC/C=C\C/C=C\C/C=C\C/C=C\C/C=C\C/C=C\C/C=C\CCCCCCCCCCCC(=O)OC(COC(=O)CC/C=C\C/C=C\C/C=C\C/C=C\CC)COP(=O)(O)OCC[N+](C)(C)C. The van der Waals surface area contributed by atoms with Crippen LogP contribution in [0.3, 0.4) is 0 Å². The minimum Gasteiger partial charge on any atom is -0.462 e. The van der Waals surface area contributed by atoms with Crippen LogP contribution in [-0.2, 0) is 32.7 Å². The highest BCUT2D eigenvalue weighted by Crippen LogP contribution is 2.43. The molecule has 0 bridgehead atoms. The zero-order chi connectivity index (χ0) is 49.9. The summed E-state index contributed by atoms with van der Waals surface area (Å²) >= 11 is 0. The molecular formula is C58H95NO8P+. The van der Waals surface area contributed by atoms with Crippen molar-refractivity contribution in [1.82, 2.24) is 0 Å². The van der Waals surface area contributed by atoms with Gasteiger partial charge in [-0.05, 0) is 96.3 Å². The van der Waals surface area contributed by atoms with Gasteiger partial charge in [0.05, 0.1) is 27.7 Å². The fourth-order valence-corrected chi connectivity index (χ4v) is 6.98. The summed E-state index contributed by atoms with van der Waals surface area (Å²) in [4.78, 5) is 35.5. The van der Waals surface area contributed by atoms with Gasteiger partial charge in [-0.3, -0.25) is 18.6 Å². The van der Waals surface area contributed by atoms with Crippen molar-refractivity contribution in [2.24, 2.45) is 0 Å². The van der Waals surface area contributed by atoms with Gasteiger partial charge in [0.15, 0.2) is 6.10 Å². The van der Waals surface area contributed by atoms with Crippen molar-refractivity contribution in [3.63, 3.8) is 0 Å². The Morgan fingerprint density at radius 1 is 0.456 bits per heavy atom. The summed E-state index contributed by atoms with van der Waals surface area (Å²) < 4.78 is 34.3. The first kappa shape index (κ1) is 64.2.